The fourth-order valence-corrected chi connectivity index (χ4v) is 2.68. The van der Waals surface area contributed by atoms with E-state index in [0.717, 1.165) is 11.0 Å². The Bertz CT molecular complexity index is 1060. The number of para-hydroxylation sites is 2. The fourth-order valence-electron chi connectivity index (χ4n) is 2.68. The van der Waals surface area contributed by atoms with Gasteiger partial charge in [-0.25, -0.2) is 9.61 Å². The molecule has 4 aromatic rings. The predicted octanol–water partition coefficient (Wildman–Crippen LogP) is 2.04. The molecule has 0 unspecified atom stereocenters. The number of rotatable bonds is 5. The maximum Gasteiger partial charge on any atom is 0.276 e. The van der Waals surface area contributed by atoms with E-state index in [1.165, 1.54) is 4.90 Å². The minimum atomic E-state index is -0.266. The van der Waals surface area contributed by atoms with Gasteiger partial charge >= 0.3 is 0 Å². The first-order valence-electron chi connectivity index (χ1n) is 8.01. The Labute approximate surface area is 148 Å². The molecule has 0 saturated heterocycles. The van der Waals surface area contributed by atoms with E-state index in [2.05, 4.69) is 25.1 Å². The quantitative estimate of drug-likeness (QED) is 0.541. The Kier molecular flexibility index (Phi) is 3.96. The largest absolute Gasteiger partial charge is 0.359 e. The molecule has 0 N–H and O–H groups in total. The van der Waals surface area contributed by atoms with Crippen molar-refractivity contribution in [2.45, 2.75) is 20.0 Å². The van der Waals surface area contributed by atoms with E-state index in [0.29, 0.717) is 23.7 Å². The van der Waals surface area contributed by atoms with Gasteiger partial charge in [0.25, 0.3) is 5.91 Å². The standard InChI is InChI=1S/C17H16N6O3/c1-11-15(21-26-19-11)9-22(2)17(24)14-7-12(25-20-14)8-23-10-18-13-5-3-4-6-16(13)23/h3-7,10H,8-9H2,1-2H3. The average Bonchev–Trinajstić information content (AvgIpc) is 3.37. The minimum absolute atomic E-state index is 0.237. The Morgan fingerprint density at radius 3 is 2.88 bits per heavy atom. The van der Waals surface area contributed by atoms with Crippen molar-refractivity contribution in [3.8, 4) is 0 Å². The second-order valence-corrected chi connectivity index (χ2v) is 6.00. The molecule has 0 aliphatic heterocycles. The topological polar surface area (TPSA) is 103 Å². The first-order valence-corrected chi connectivity index (χ1v) is 8.01. The molecule has 26 heavy (non-hydrogen) atoms. The lowest BCUT2D eigenvalue weighted by molar-refractivity contribution is 0.0771. The van der Waals surface area contributed by atoms with E-state index in [-0.39, 0.29) is 18.1 Å². The van der Waals surface area contributed by atoms with Crippen molar-refractivity contribution in [2.75, 3.05) is 7.05 Å². The third-order valence-electron chi connectivity index (χ3n) is 4.11. The number of benzene rings is 1. The van der Waals surface area contributed by atoms with E-state index in [1.807, 2.05) is 28.8 Å². The van der Waals surface area contributed by atoms with Crippen LogP contribution in [0.1, 0.15) is 27.6 Å². The van der Waals surface area contributed by atoms with Gasteiger partial charge in [-0.15, -0.1) is 0 Å². The second-order valence-electron chi connectivity index (χ2n) is 6.00. The lowest BCUT2D eigenvalue weighted by Gasteiger charge is -2.13. The highest BCUT2D eigenvalue weighted by molar-refractivity contribution is 5.92. The Morgan fingerprint density at radius 1 is 1.23 bits per heavy atom. The van der Waals surface area contributed by atoms with Crippen molar-refractivity contribution in [3.63, 3.8) is 0 Å². The van der Waals surface area contributed by atoms with Gasteiger partial charge in [-0.1, -0.05) is 27.6 Å². The number of hydrogen-bond donors (Lipinski definition) is 0. The summed E-state index contributed by atoms with van der Waals surface area (Å²) in [4.78, 5) is 18.3. The number of imidazole rings is 1. The van der Waals surface area contributed by atoms with Gasteiger partial charge in [0, 0.05) is 13.1 Å². The minimum Gasteiger partial charge on any atom is -0.359 e. The molecule has 1 amide bonds. The van der Waals surface area contributed by atoms with Crippen molar-refractivity contribution in [2.24, 2.45) is 0 Å². The highest BCUT2D eigenvalue weighted by Crippen LogP contribution is 2.15. The molecule has 0 saturated carbocycles. The third-order valence-corrected chi connectivity index (χ3v) is 4.11. The van der Waals surface area contributed by atoms with Gasteiger partial charge in [-0.05, 0) is 19.1 Å². The molecule has 1 aromatic carbocycles. The van der Waals surface area contributed by atoms with E-state index < -0.39 is 0 Å². The summed E-state index contributed by atoms with van der Waals surface area (Å²) >= 11 is 0. The highest BCUT2D eigenvalue weighted by atomic mass is 16.6. The molecule has 3 aromatic heterocycles. The molecule has 0 radical (unpaired) electrons. The van der Waals surface area contributed by atoms with Crippen LogP contribution in [0, 0.1) is 6.92 Å². The van der Waals surface area contributed by atoms with Gasteiger partial charge in [0.05, 0.1) is 30.5 Å². The van der Waals surface area contributed by atoms with Crippen LogP contribution in [-0.4, -0.2) is 42.9 Å². The maximum absolute atomic E-state index is 12.5. The van der Waals surface area contributed by atoms with Gasteiger partial charge < -0.3 is 14.0 Å². The molecule has 0 aliphatic rings. The Balaban J connectivity index is 1.48. The summed E-state index contributed by atoms with van der Waals surface area (Å²) < 4.78 is 11.9. The number of nitrogens with zero attached hydrogens (tertiary/aromatic N) is 6. The molecule has 4 rings (SSSR count). The van der Waals surface area contributed by atoms with Gasteiger partial charge in [-0.3, -0.25) is 4.79 Å². The zero-order valence-corrected chi connectivity index (χ0v) is 14.3. The van der Waals surface area contributed by atoms with Crippen molar-refractivity contribution in [1.29, 1.82) is 0 Å². The summed E-state index contributed by atoms with van der Waals surface area (Å²) in [5, 5.41) is 11.4. The SMILES string of the molecule is Cc1nonc1CN(C)C(=O)c1cc(Cn2cnc3ccccc32)on1. The molecule has 0 bridgehead atoms. The van der Waals surface area contributed by atoms with Crippen LogP contribution in [0.2, 0.25) is 0 Å². The smallest absolute Gasteiger partial charge is 0.276 e. The van der Waals surface area contributed by atoms with Crippen LogP contribution in [0.5, 0.6) is 0 Å². The highest BCUT2D eigenvalue weighted by Gasteiger charge is 2.19. The number of aryl methyl sites for hydroxylation is 1. The van der Waals surface area contributed by atoms with Crippen LogP contribution in [0.15, 0.2) is 45.8 Å². The molecule has 0 atom stereocenters. The average molecular weight is 352 g/mol. The molecular weight excluding hydrogens is 336 g/mol. The number of aromatic nitrogens is 5. The number of carbonyl (C=O) groups excluding carboxylic acids is 1. The van der Waals surface area contributed by atoms with Crippen LogP contribution in [-0.2, 0) is 13.1 Å². The van der Waals surface area contributed by atoms with Crippen molar-refractivity contribution in [1.82, 2.24) is 29.9 Å². The fraction of sp³-hybridized carbons (Fsp3) is 0.235. The van der Waals surface area contributed by atoms with Gasteiger partial charge in [0.15, 0.2) is 11.5 Å². The maximum atomic E-state index is 12.5. The van der Waals surface area contributed by atoms with Crippen LogP contribution in [0.3, 0.4) is 0 Å². The summed E-state index contributed by atoms with van der Waals surface area (Å²) in [6.07, 6.45) is 1.74. The number of amides is 1. The molecule has 9 heteroatoms. The number of carbonyl (C=O) groups is 1. The molecule has 9 nitrogen and oxygen atoms in total. The van der Waals surface area contributed by atoms with Crippen LogP contribution >= 0.6 is 0 Å². The molecule has 3 heterocycles. The van der Waals surface area contributed by atoms with Crippen molar-refractivity contribution in [3.05, 3.63) is 59.5 Å². The first-order chi connectivity index (χ1) is 12.6. The van der Waals surface area contributed by atoms with Crippen molar-refractivity contribution < 1.29 is 13.9 Å². The second kappa shape index (κ2) is 6.43. The van der Waals surface area contributed by atoms with Gasteiger partial charge in [-0.2, -0.15) is 0 Å². The zero-order chi connectivity index (χ0) is 18.1. The van der Waals surface area contributed by atoms with E-state index in [1.54, 1.807) is 26.4 Å². The van der Waals surface area contributed by atoms with Crippen LogP contribution in [0.4, 0.5) is 0 Å². The van der Waals surface area contributed by atoms with Gasteiger partial charge in [0.2, 0.25) is 0 Å². The summed E-state index contributed by atoms with van der Waals surface area (Å²) in [6.45, 7) is 2.49. The lowest BCUT2D eigenvalue weighted by Crippen LogP contribution is -2.26. The monoisotopic (exact) mass is 352 g/mol. The Hall–Kier alpha value is -3.49. The first kappa shape index (κ1) is 16.0. The predicted molar refractivity (Wildman–Crippen MR) is 90.2 cm³/mol. The normalized spacial score (nSPS) is 11.2. The molecule has 0 spiro atoms. The summed E-state index contributed by atoms with van der Waals surface area (Å²) in [5.41, 5.74) is 3.38. The Morgan fingerprint density at radius 2 is 2.08 bits per heavy atom. The van der Waals surface area contributed by atoms with Crippen molar-refractivity contribution >= 4 is 16.9 Å². The lowest BCUT2D eigenvalue weighted by atomic mass is 10.3. The number of hydrogen-bond acceptors (Lipinski definition) is 7. The van der Waals surface area contributed by atoms with Crippen LogP contribution < -0.4 is 0 Å². The van der Waals surface area contributed by atoms with E-state index >= 15 is 0 Å². The summed E-state index contributed by atoms with van der Waals surface area (Å²) in [7, 11) is 1.66. The zero-order valence-electron chi connectivity index (χ0n) is 14.3. The van der Waals surface area contributed by atoms with Gasteiger partial charge in [0.1, 0.15) is 11.4 Å². The molecule has 0 fully saturated rings. The molecular formula is C17H16N6O3. The summed E-state index contributed by atoms with van der Waals surface area (Å²) in [6, 6.07) is 9.45. The summed E-state index contributed by atoms with van der Waals surface area (Å²) in [5.74, 6) is 0.307. The van der Waals surface area contributed by atoms with E-state index in [4.69, 9.17) is 4.52 Å². The third kappa shape index (κ3) is 2.94. The molecule has 132 valence electrons. The number of fused-ring (bicyclic) bond motifs is 1. The van der Waals surface area contributed by atoms with E-state index in [9.17, 15) is 4.79 Å². The molecule has 0 aliphatic carbocycles. The van der Waals surface area contributed by atoms with Crippen LogP contribution in [0.25, 0.3) is 11.0 Å².